The second-order valence-corrected chi connectivity index (χ2v) is 4.93. The summed E-state index contributed by atoms with van der Waals surface area (Å²) in [6.45, 7) is 4.67. The van der Waals surface area contributed by atoms with Crippen molar-refractivity contribution >= 4 is 5.57 Å². The van der Waals surface area contributed by atoms with Crippen LogP contribution in [0.3, 0.4) is 0 Å². The number of hydrogen-bond donors (Lipinski definition) is 0. The molecule has 0 saturated heterocycles. The van der Waals surface area contributed by atoms with E-state index in [-0.39, 0.29) is 0 Å². The van der Waals surface area contributed by atoms with Gasteiger partial charge in [-0.2, -0.15) is 0 Å². The van der Waals surface area contributed by atoms with Crippen molar-refractivity contribution in [3.63, 3.8) is 0 Å². The van der Waals surface area contributed by atoms with Gasteiger partial charge in [0, 0.05) is 0 Å². The molecule has 0 heteroatoms. The lowest BCUT2D eigenvalue weighted by Gasteiger charge is -2.35. The van der Waals surface area contributed by atoms with Crippen molar-refractivity contribution < 1.29 is 0 Å². The van der Waals surface area contributed by atoms with Crippen LogP contribution < -0.4 is 0 Å². The maximum atomic E-state index is 3.08. The first kappa shape index (κ1) is 11.4. The van der Waals surface area contributed by atoms with Gasteiger partial charge in [0.2, 0.25) is 0 Å². The van der Waals surface area contributed by atoms with E-state index >= 15 is 0 Å². The number of hydrogen-bond acceptors (Lipinski definition) is 0. The zero-order valence-corrected chi connectivity index (χ0v) is 10.4. The van der Waals surface area contributed by atoms with E-state index in [1.807, 2.05) is 12.1 Å². The van der Waals surface area contributed by atoms with Crippen LogP contribution in [0, 0.1) is 11.5 Å². The average molecular weight is 213 g/mol. The van der Waals surface area contributed by atoms with E-state index in [0.29, 0.717) is 5.41 Å². The minimum absolute atomic E-state index is 0.588. The van der Waals surface area contributed by atoms with Crippen molar-refractivity contribution in [1.29, 1.82) is 0 Å². The molecule has 16 heavy (non-hydrogen) atoms. The van der Waals surface area contributed by atoms with Gasteiger partial charge in [0.1, 0.15) is 0 Å². The van der Waals surface area contributed by atoms with Gasteiger partial charge in [0.15, 0.2) is 0 Å². The smallest absolute Gasteiger partial charge is 0.0184 e. The maximum absolute atomic E-state index is 3.08. The molecule has 1 aliphatic carbocycles. The summed E-state index contributed by atoms with van der Waals surface area (Å²) in [5.74, 6) is 0. The topological polar surface area (TPSA) is 0 Å². The Hall–Kier alpha value is -1.04. The highest BCUT2D eigenvalue weighted by atomic mass is 14.3. The molecule has 0 aromatic heterocycles. The third kappa shape index (κ3) is 2.21. The zero-order valence-electron chi connectivity index (χ0n) is 10.4. The highest BCUT2D eigenvalue weighted by Gasteiger charge is 2.28. The van der Waals surface area contributed by atoms with E-state index in [4.69, 9.17) is 0 Å². The average Bonchev–Trinajstić information content (AvgIpc) is 2.40. The van der Waals surface area contributed by atoms with Crippen molar-refractivity contribution in [2.75, 3.05) is 0 Å². The lowest BCUT2D eigenvalue weighted by molar-refractivity contribution is 0.238. The van der Waals surface area contributed by atoms with Crippen molar-refractivity contribution in [2.24, 2.45) is 5.41 Å². The largest absolute Gasteiger partial charge is 0.0802 e. The summed E-state index contributed by atoms with van der Waals surface area (Å²) in [5, 5.41) is 0. The molecule has 1 aromatic carbocycles. The lowest BCUT2D eigenvalue weighted by Crippen LogP contribution is -2.21. The molecule has 0 bridgehead atoms. The molecular weight excluding hydrogens is 192 g/mol. The first-order valence-electron chi connectivity index (χ1n) is 6.45. The van der Waals surface area contributed by atoms with Gasteiger partial charge < -0.3 is 0 Å². The first-order valence-corrected chi connectivity index (χ1v) is 6.45. The third-order valence-electron chi connectivity index (χ3n) is 4.30. The van der Waals surface area contributed by atoms with Crippen LogP contribution >= 0.6 is 0 Å². The van der Waals surface area contributed by atoms with E-state index in [9.17, 15) is 0 Å². The van der Waals surface area contributed by atoms with Gasteiger partial charge in [0.25, 0.3) is 0 Å². The normalized spacial score (nSPS) is 19.2. The van der Waals surface area contributed by atoms with Gasteiger partial charge in [-0.15, -0.1) is 0 Å². The van der Waals surface area contributed by atoms with Crippen molar-refractivity contribution in [3.05, 3.63) is 42.0 Å². The fourth-order valence-electron chi connectivity index (χ4n) is 2.70. The van der Waals surface area contributed by atoms with Crippen LogP contribution in [0.25, 0.3) is 5.57 Å². The fraction of sp³-hybridized carbons (Fsp3) is 0.500. The van der Waals surface area contributed by atoms with E-state index in [1.54, 1.807) is 0 Å². The summed E-state index contributed by atoms with van der Waals surface area (Å²) < 4.78 is 0. The van der Waals surface area contributed by atoms with Crippen LogP contribution in [-0.2, 0) is 0 Å². The molecular formula is C16H21. The van der Waals surface area contributed by atoms with E-state index in [2.05, 4.69) is 38.1 Å². The SMILES string of the molecule is CCC1(CC)CC=C(c2cc[c]cc2)CC1. The molecule has 0 amide bonds. The molecule has 0 atom stereocenters. The van der Waals surface area contributed by atoms with E-state index < -0.39 is 0 Å². The van der Waals surface area contributed by atoms with Crippen LogP contribution in [0.2, 0.25) is 0 Å². The molecule has 0 spiro atoms. The van der Waals surface area contributed by atoms with Gasteiger partial charge in [-0.05, 0) is 41.9 Å². The van der Waals surface area contributed by atoms with Gasteiger partial charge in [-0.25, -0.2) is 0 Å². The van der Waals surface area contributed by atoms with Crippen LogP contribution in [0.1, 0.15) is 51.5 Å². The summed E-state index contributed by atoms with van der Waals surface area (Å²) in [6.07, 6.45) is 8.95. The highest BCUT2D eigenvalue weighted by molar-refractivity contribution is 5.66. The van der Waals surface area contributed by atoms with Crippen LogP contribution in [0.4, 0.5) is 0 Å². The second kappa shape index (κ2) is 4.86. The number of benzene rings is 1. The molecule has 2 rings (SSSR count). The third-order valence-corrected chi connectivity index (χ3v) is 4.30. The molecule has 0 unspecified atom stereocenters. The Kier molecular flexibility index (Phi) is 3.48. The van der Waals surface area contributed by atoms with Crippen molar-refractivity contribution in [3.8, 4) is 0 Å². The summed E-state index contributed by atoms with van der Waals surface area (Å²) in [7, 11) is 0. The molecule has 0 fully saturated rings. The Morgan fingerprint density at radius 3 is 2.38 bits per heavy atom. The Balaban J connectivity index is 2.15. The Labute approximate surface area is 99.4 Å². The summed E-state index contributed by atoms with van der Waals surface area (Å²) in [6, 6.07) is 11.5. The predicted octanol–water partition coefficient (Wildman–Crippen LogP) is 4.86. The Bertz CT molecular complexity index is 355. The minimum atomic E-state index is 0.588. The van der Waals surface area contributed by atoms with Gasteiger partial charge in [-0.1, -0.05) is 57.0 Å². The number of rotatable bonds is 3. The first-order chi connectivity index (χ1) is 7.79. The minimum Gasteiger partial charge on any atom is -0.0802 e. The van der Waals surface area contributed by atoms with Crippen LogP contribution in [0.5, 0.6) is 0 Å². The molecule has 0 nitrogen and oxygen atoms in total. The second-order valence-electron chi connectivity index (χ2n) is 4.93. The molecule has 1 aromatic rings. The highest BCUT2D eigenvalue weighted by Crippen LogP contribution is 2.43. The molecule has 0 saturated carbocycles. The standard InChI is InChI=1S/C16H21/c1-3-16(4-2)12-10-15(11-13-16)14-8-6-5-7-9-14/h6-10H,3-4,11-13H2,1-2H3. The van der Waals surface area contributed by atoms with Gasteiger partial charge in [-0.3, -0.25) is 0 Å². The molecule has 1 radical (unpaired) electrons. The summed E-state index contributed by atoms with van der Waals surface area (Å²) in [4.78, 5) is 0. The van der Waals surface area contributed by atoms with E-state index in [0.717, 1.165) is 0 Å². The quantitative estimate of drug-likeness (QED) is 0.672. The van der Waals surface area contributed by atoms with Crippen molar-refractivity contribution in [2.45, 2.75) is 46.0 Å². The summed E-state index contributed by atoms with van der Waals surface area (Å²) >= 11 is 0. The molecule has 0 N–H and O–H groups in total. The predicted molar refractivity (Wildman–Crippen MR) is 70.1 cm³/mol. The maximum Gasteiger partial charge on any atom is -0.0184 e. The van der Waals surface area contributed by atoms with Gasteiger partial charge >= 0.3 is 0 Å². The van der Waals surface area contributed by atoms with E-state index in [1.165, 1.54) is 43.2 Å². The zero-order chi connectivity index (χ0) is 11.4. The van der Waals surface area contributed by atoms with Gasteiger partial charge in [0.05, 0.1) is 0 Å². The fourth-order valence-corrected chi connectivity index (χ4v) is 2.70. The van der Waals surface area contributed by atoms with Crippen LogP contribution in [0.15, 0.2) is 30.3 Å². The Morgan fingerprint density at radius 1 is 1.19 bits per heavy atom. The van der Waals surface area contributed by atoms with Crippen molar-refractivity contribution in [1.82, 2.24) is 0 Å². The Morgan fingerprint density at radius 2 is 1.88 bits per heavy atom. The molecule has 0 heterocycles. The molecule has 85 valence electrons. The lowest BCUT2D eigenvalue weighted by atomic mass is 9.70. The summed E-state index contributed by atoms with van der Waals surface area (Å²) in [5.41, 5.74) is 3.51. The monoisotopic (exact) mass is 213 g/mol. The number of allylic oxidation sites excluding steroid dienone is 2. The van der Waals surface area contributed by atoms with Crippen LogP contribution in [-0.4, -0.2) is 0 Å². The molecule has 0 aliphatic heterocycles. The molecule has 1 aliphatic rings.